The number of rotatable bonds is 3. The van der Waals surface area contributed by atoms with Crippen LogP contribution in [0, 0.1) is 0 Å². The molecule has 0 fully saturated rings. The van der Waals surface area contributed by atoms with Crippen LogP contribution in [0.2, 0.25) is 0 Å². The Morgan fingerprint density at radius 3 is 2.82 bits per heavy atom. The van der Waals surface area contributed by atoms with Gasteiger partial charge in [-0.1, -0.05) is 0 Å². The van der Waals surface area contributed by atoms with Gasteiger partial charge in [-0.15, -0.1) is 0 Å². The fourth-order valence-electron chi connectivity index (χ4n) is 2.85. The Bertz CT molecular complexity index is 539. The standard InChI is InChI=1S/C15H20N2/c1-10(16-2)6-13-9-17-15-8-12-5-3-4-11(12)7-14(13)15/h7-10,16-17H,3-6H2,1-2H3. The van der Waals surface area contributed by atoms with Gasteiger partial charge in [-0.3, -0.25) is 0 Å². The van der Waals surface area contributed by atoms with Crippen molar-refractivity contribution in [3.05, 3.63) is 35.0 Å². The zero-order chi connectivity index (χ0) is 11.8. The minimum Gasteiger partial charge on any atom is -0.361 e. The fourth-order valence-corrected chi connectivity index (χ4v) is 2.85. The van der Waals surface area contributed by atoms with Crippen LogP contribution in [-0.4, -0.2) is 18.1 Å². The molecule has 1 aliphatic rings. The Morgan fingerprint density at radius 2 is 2.06 bits per heavy atom. The minimum atomic E-state index is 0.530. The van der Waals surface area contributed by atoms with Crippen LogP contribution in [0.3, 0.4) is 0 Å². The van der Waals surface area contributed by atoms with E-state index in [1.807, 2.05) is 7.05 Å². The Labute approximate surface area is 102 Å². The summed E-state index contributed by atoms with van der Waals surface area (Å²) in [6, 6.07) is 5.29. The number of aryl methyl sites for hydroxylation is 2. The van der Waals surface area contributed by atoms with Crippen LogP contribution in [0.1, 0.15) is 30.0 Å². The average molecular weight is 228 g/mol. The molecule has 0 radical (unpaired) electrons. The van der Waals surface area contributed by atoms with Gasteiger partial charge in [0.2, 0.25) is 0 Å². The topological polar surface area (TPSA) is 27.8 Å². The molecule has 1 unspecified atom stereocenters. The van der Waals surface area contributed by atoms with E-state index in [9.17, 15) is 0 Å². The van der Waals surface area contributed by atoms with E-state index in [0.717, 1.165) is 6.42 Å². The third-order valence-electron chi connectivity index (χ3n) is 4.00. The van der Waals surface area contributed by atoms with E-state index in [-0.39, 0.29) is 0 Å². The highest BCUT2D eigenvalue weighted by Crippen LogP contribution is 2.29. The number of fused-ring (bicyclic) bond motifs is 2. The van der Waals surface area contributed by atoms with Crippen molar-refractivity contribution in [2.45, 2.75) is 38.6 Å². The summed E-state index contributed by atoms with van der Waals surface area (Å²) in [6.45, 7) is 2.23. The Balaban J connectivity index is 2.03. The lowest BCUT2D eigenvalue weighted by atomic mass is 10.0. The molecule has 2 nitrogen and oxygen atoms in total. The molecule has 17 heavy (non-hydrogen) atoms. The molecule has 3 rings (SSSR count). The van der Waals surface area contributed by atoms with Crippen molar-refractivity contribution in [1.82, 2.24) is 10.3 Å². The molecule has 0 amide bonds. The quantitative estimate of drug-likeness (QED) is 0.830. The van der Waals surface area contributed by atoms with Gasteiger partial charge in [0.05, 0.1) is 0 Å². The Kier molecular flexibility index (Phi) is 2.67. The first-order chi connectivity index (χ1) is 8.28. The molecule has 90 valence electrons. The smallest absolute Gasteiger partial charge is 0.0459 e. The van der Waals surface area contributed by atoms with Crippen molar-refractivity contribution in [3.63, 3.8) is 0 Å². The lowest BCUT2D eigenvalue weighted by Crippen LogP contribution is -2.23. The molecular formula is C15H20N2. The summed E-state index contributed by atoms with van der Waals surface area (Å²) < 4.78 is 0. The van der Waals surface area contributed by atoms with Crippen LogP contribution < -0.4 is 5.32 Å². The van der Waals surface area contributed by atoms with E-state index in [1.54, 1.807) is 11.1 Å². The van der Waals surface area contributed by atoms with E-state index < -0.39 is 0 Å². The molecule has 2 N–H and O–H groups in total. The number of likely N-dealkylation sites (N-methyl/N-ethyl adjacent to an activating group) is 1. The van der Waals surface area contributed by atoms with Crippen molar-refractivity contribution in [3.8, 4) is 0 Å². The normalized spacial score (nSPS) is 16.4. The molecule has 0 aliphatic heterocycles. The lowest BCUT2D eigenvalue weighted by Gasteiger charge is -2.09. The van der Waals surface area contributed by atoms with Crippen LogP contribution in [0.4, 0.5) is 0 Å². The maximum absolute atomic E-state index is 3.42. The number of hydrogen-bond donors (Lipinski definition) is 2. The summed E-state index contributed by atoms with van der Waals surface area (Å²) in [5.74, 6) is 0. The average Bonchev–Trinajstić information content (AvgIpc) is 2.93. The molecule has 1 aromatic heterocycles. The fraction of sp³-hybridized carbons (Fsp3) is 0.467. The molecule has 1 heterocycles. The number of H-pyrrole nitrogens is 1. The van der Waals surface area contributed by atoms with Gasteiger partial charge >= 0.3 is 0 Å². The van der Waals surface area contributed by atoms with E-state index in [2.05, 4.69) is 35.6 Å². The summed E-state index contributed by atoms with van der Waals surface area (Å²) in [7, 11) is 2.03. The van der Waals surface area contributed by atoms with E-state index in [1.165, 1.54) is 35.7 Å². The van der Waals surface area contributed by atoms with Gasteiger partial charge in [0.1, 0.15) is 0 Å². The second-order valence-electron chi connectivity index (χ2n) is 5.23. The molecule has 2 aromatic rings. The molecule has 2 heteroatoms. The van der Waals surface area contributed by atoms with Crippen LogP contribution >= 0.6 is 0 Å². The predicted octanol–water partition coefficient (Wildman–Crippen LogP) is 2.81. The van der Waals surface area contributed by atoms with Gasteiger partial charge in [-0.2, -0.15) is 0 Å². The molecule has 1 aromatic carbocycles. The number of aromatic amines is 1. The summed E-state index contributed by atoms with van der Waals surface area (Å²) in [6.07, 6.45) is 7.11. The zero-order valence-corrected chi connectivity index (χ0v) is 10.6. The van der Waals surface area contributed by atoms with Crippen molar-refractivity contribution in [1.29, 1.82) is 0 Å². The highest BCUT2D eigenvalue weighted by Gasteiger charge is 2.14. The SMILES string of the molecule is CNC(C)Cc1c[nH]c2cc3c(cc12)CCC3. The molecular weight excluding hydrogens is 208 g/mol. The second-order valence-corrected chi connectivity index (χ2v) is 5.23. The number of nitrogens with one attached hydrogen (secondary N) is 2. The van der Waals surface area contributed by atoms with E-state index >= 15 is 0 Å². The summed E-state index contributed by atoms with van der Waals surface area (Å²) >= 11 is 0. The number of hydrogen-bond acceptors (Lipinski definition) is 1. The first-order valence-corrected chi connectivity index (χ1v) is 6.57. The Morgan fingerprint density at radius 1 is 1.29 bits per heavy atom. The third-order valence-corrected chi connectivity index (χ3v) is 4.00. The van der Waals surface area contributed by atoms with Gasteiger partial charge in [-0.25, -0.2) is 0 Å². The summed E-state index contributed by atoms with van der Waals surface area (Å²) in [4.78, 5) is 3.42. The van der Waals surface area contributed by atoms with Gasteiger partial charge in [-0.05, 0) is 68.5 Å². The molecule has 0 bridgehead atoms. The second kappa shape index (κ2) is 4.19. The zero-order valence-electron chi connectivity index (χ0n) is 10.6. The van der Waals surface area contributed by atoms with Crippen molar-refractivity contribution < 1.29 is 0 Å². The van der Waals surface area contributed by atoms with Crippen LogP contribution in [-0.2, 0) is 19.3 Å². The van der Waals surface area contributed by atoms with E-state index in [0.29, 0.717) is 6.04 Å². The van der Waals surface area contributed by atoms with Crippen LogP contribution in [0.25, 0.3) is 10.9 Å². The van der Waals surface area contributed by atoms with Crippen LogP contribution in [0.5, 0.6) is 0 Å². The molecule has 0 saturated heterocycles. The number of benzene rings is 1. The molecule has 0 saturated carbocycles. The molecule has 1 atom stereocenters. The van der Waals surface area contributed by atoms with Gasteiger partial charge in [0.15, 0.2) is 0 Å². The predicted molar refractivity (Wildman–Crippen MR) is 72.5 cm³/mol. The third kappa shape index (κ3) is 1.87. The highest BCUT2D eigenvalue weighted by atomic mass is 14.8. The van der Waals surface area contributed by atoms with Crippen molar-refractivity contribution in [2.24, 2.45) is 0 Å². The maximum Gasteiger partial charge on any atom is 0.0459 e. The summed E-state index contributed by atoms with van der Waals surface area (Å²) in [5.41, 5.74) is 5.86. The minimum absolute atomic E-state index is 0.530. The van der Waals surface area contributed by atoms with E-state index in [4.69, 9.17) is 0 Å². The van der Waals surface area contributed by atoms with Gasteiger partial charge < -0.3 is 10.3 Å². The van der Waals surface area contributed by atoms with Gasteiger partial charge in [0.25, 0.3) is 0 Å². The van der Waals surface area contributed by atoms with Crippen molar-refractivity contribution >= 4 is 10.9 Å². The maximum atomic E-state index is 3.42. The Hall–Kier alpha value is -1.28. The summed E-state index contributed by atoms with van der Waals surface area (Å²) in [5, 5.41) is 4.73. The molecule has 0 spiro atoms. The lowest BCUT2D eigenvalue weighted by molar-refractivity contribution is 0.610. The van der Waals surface area contributed by atoms with Crippen molar-refractivity contribution in [2.75, 3.05) is 7.05 Å². The first kappa shape index (κ1) is 10.8. The van der Waals surface area contributed by atoms with Crippen LogP contribution in [0.15, 0.2) is 18.3 Å². The first-order valence-electron chi connectivity index (χ1n) is 6.57. The molecule has 1 aliphatic carbocycles. The highest BCUT2D eigenvalue weighted by molar-refractivity contribution is 5.85. The number of aromatic nitrogens is 1. The monoisotopic (exact) mass is 228 g/mol. The van der Waals surface area contributed by atoms with Gasteiger partial charge in [0, 0.05) is 23.1 Å². The largest absolute Gasteiger partial charge is 0.361 e.